The van der Waals surface area contributed by atoms with Crippen molar-refractivity contribution < 1.29 is 13.2 Å². The molecule has 2 aromatic rings. The van der Waals surface area contributed by atoms with E-state index in [4.69, 9.17) is 10.5 Å². The number of sulfonamides is 1. The third-order valence-electron chi connectivity index (χ3n) is 4.49. The largest absolute Gasteiger partial charge is 0.481 e. The maximum Gasteiger partial charge on any atom is 0.244 e. The van der Waals surface area contributed by atoms with Crippen LogP contribution in [0.1, 0.15) is 11.5 Å². The topological polar surface area (TPSA) is 85.5 Å². The smallest absolute Gasteiger partial charge is 0.244 e. The Morgan fingerprint density at radius 3 is 2.48 bits per heavy atom. The molecule has 1 saturated heterocycles. The van der Waals surface area contributed by atoms with Crippen LogP contribution >= 0.6 is 12.4 Å². The molecule has 0 spiro atoms. The molecule has 0 aliphatic carbocycles. The summed E-state index contributed by atoms with van der Waals surface area (Å²) in [4.78, 5) is 4.17. The van der Waals surface area contributed by atoms with Crippen LogP contribution in [0.5, 0.6) is 5.88 Å². The molecular formula is C17H22ClN3O3S. The van der Waals surface area contributed by atoms with Gasteiger partial charge in [-0.05, 0) is 24.1 Å². The number of nitrogens with two attached hydrogens (primary N) is 1. The van der Waals surface area contributed by atoms with Gasteiger partial charge in [-0.2, -0.15) is 4.31 Å². The Labute approximate surface area is 154 Å². The molecule has 2 N–H and O–H groups in total. The lowest BCUT2D eigenvalue weighted by Crippen LogP contribution is -2.30. The van der Waals surface area contributed by atoms with Gasteiger partial charge < -0.3 is 10.5 Å². The highest BCUT2D eigenvalue weighted by Crippen LogP contribution is 2.35. The lowest BCUT2D eigenvalue weighted by atomic mass is 9.89. The van der Waals surface area contributed by atoms with Gasteiger partial charge in [0.1, 0.15) is 4.90 Å². The Kier molecular flexibility index (Phi) is 6.40. The first-order chi connectivity index (χ1) is 11.6. The Hall–Kier alpha value is -1.67. The van der Waals surface area contributed by atoms with Crippen molar-refractivity contribution in [3.8, 4) is 5.88 Å². The molecule has 0 bridgehead atoms. The van der Waals surface area contributed by atoms with E-state index in [0.717, 1.165) is 5.56 Å². The van der Waals surface area contributed by atoms with E-state index >= 15 is 0 Å². The fraction of sp³-hybridized carbons (Fsp3) is 0.353. The molecule has 1 aliphatic heterocycles. The minimum absolute atomic E-state index is 0. The number of hydrogen-bond acceptors (Lipinski definition) is 5. The van der Waals surface area contributed by atoms with E-state index in [2.05, 4.69) is 4.98 Å². The van der Waals surface area contributed by atoms with Crippen LogP contribution < -0.4 is 10.5 Å². The SMILES string of the molecule is COc1ccc(S(=O)(=O)N2C[C@@H](CN)[C@H](c3ccccc3)C2)cn1.Cl. The molecule has 1 aromatic heterocycles. The van der Waals surface area contributed by atoms with Crippen LogP contribution in [0.2, 0.25) is 0 Å². The van der Waals surface area contributed by atoms with E-state index in [1.54, 1.807) is 6.07 Å². The second-order valence-electron chi connectivity index (χ2n) is 5.87. The van der Waals surface area contributed by atoms with Gasteiger partial charge in [-0.25, -0.2) is 13.4 Å². The van der Waals surface area contributed by atoms with Crippen LogP contribution in [0, 0.1) is 5.92 Å². The lowest BCUT2D eigenvalue weighted by molar-refractivity contribution is 0.397. The van der Waals surface area contributed by atoms with Gasteiger partial charge in [-0.15, -0.1) is 12.4 Å². The number of nitrogens with zero attached hydrogens (tertiary/aromatic N) is 2. The van der Waals surface area contributed by atoms with Crippen LogP contribution in [0.3, 0.4) is 0 Å². The zero-order valence-corrected chi connectivity index (χ0v) is 15.5. The van der Waals surface area contributed by atoms with Crippen molar-refractivity contribution in [3.63, 3.8) is 0 Å². The monoisotopic (exact) mass is 383 g/mol. The highest BCUT2D eigenvalue weighted by Gasteiger charge is 2.39. The molecule has 0 saturated carbocycles. The van der Waals surface area contributed by atoms with Crippen LogP contribution in [0.15, 0.2) is 53.6 Å². The molecule has 0 amide bonds. The second-order valence-corrected chi connectivity index (χ2v) is 7.81. The van der Waals surface area contributed by atoms with Gasteiger partial charge >= 0.3 is 0 Å². The summed E-state index contributed by atoms with van der Waals surface area (Å²) >= 11 is 0. The molecule has 3 rings (SSSR count). The fourth-order valence-electron chi connectivity index (χ4n) is 3.13. The molecule has 0 unspecified atom stereocenters. The molecule has 6 nitrogen and oxygen atoms in total. The molecule has 2 heterocycles. The van der Waals surface area contributed by atoms with Gasteiger partial charge in [0.25, 0.3) is 0 Å². The predicted molar refractivity (Wildman–Crippen MR) is 98.5 cm³/mol. The van der Waals surface area contributed by atoms with Crippen molar-refractivity contribution in [2.45, 2.75) is 10.8 Å². The molecule has 1 fully saturated rings. The van der Waals surface area contributed by atoms with Crippen molar-refractivity contribution in [2.24, 2.45) is 11.7 Å². The van der Waals surface area contributed by atoms with Crippen LogP contribution in [-0.4, -0.2) is 44.5 Å². The summed E-state index contributed by atoms with van der Waals surface area (Å²) in [7, 11) is -2.09. The lowest BCUT2D eigenvalue weighted by Gasteiger charge is -2.17. The maximum absolute atomic E-state index is 12.9. The molecule has 1 aliphatic rings. The zero-order valence-electron chi connectivity index (χ0n) is 13.9. The number of pyridine rings is 1. The van der Waals surface area contributed by atoms with E-state index < -0.39 is 10.0 Å². The average molecular weight is 384 g/mol. The van der Waals surface area contributed by atoms with E-state index in [-0.39, 0.29) is 29.1 Å². The van der Waals surface area contributed by atoms with E-state index in [1.165, 1.54) is 23.7 Å². The van der Waals surface area contributed by atoms with Gasteiger partial charge in [0, 0.05) is 25.1 Å². The summed E-state index contributed by atoms with van der Waals surface area (Å²) in [5.74, 6) is 0.600. The fourth-order valence-corrected chi connectivity index (χ4v) is 4.60. The third-order valence-corrected chi connectivity index (χ3v) is 6.31. The normalized spacial score (nSPS) is 20.9. The van der Waals surface area contributed by atoms with Crippen molar-refractivity contribution in [2.75, 3.05) is 26.7 Å². The van der Waals surface area contributed by atoms with Crippen molar-refractivity contribution >= 4 is 22.4 Å². The summed E-state index contributed by atoms with van der Waals surface area (Å²) in [5, 5.41) is 0. The number of methoxy groups -OCH3 is 1. The summed E-state index contributed by atoms with van der Waals surface area (Å²) in [6, 6.07) is 13.0. The average Bonchev–Trinajstić information content (AvgIpc) is 3.08. The van der Waals surface area contributed by atoms with Crippen LogP contribution in [0.4, 0.5) is 0 Å². The third kappa shape index (κ3) is 3.95. The van der Waals surface area contributed by atoms with Gasteiger partial charge in [0.2, 0.25) is 15.9 Å². The highest BCUT2D eigenvalue weighted by molar-refractivity contribution is 7.89. The Morgan fingerprint density at radius 1 is 1.20 bits per heavy atom. The summed E-state index contributed by atoms with van der Waals surface area (Å²) in [6.07, 6.45) is 1.33. The molecule has 25 heavy (non-hydrogen) atoms. The number of halogens is 1. The van der Waals surface area contributed by atoms with Crippen molar-refractivity contribution in [1.82, 2.24) is 9.29 Å². The minimum Gasteiger partial charge on any atom is -0.481 e. The zero-order chi connectivity index (χ0) is 17.2. The maximum atomic E-state index is 12.9. The number of aromatic nitrogens is 1. The van der Waals surface area contributed by atoms with E-state index in [0.29, 0.717) is 25.5 Å². The van der Waals surface area contributed by atoms with Crippen LogP contribution in [0.25, 0.3) is 0 Å². The Balaban J connectivity index is 0.00000225. The molecule has 8 heteroatoms. The first-order valence-electron chi connectivity index (χ1n) is 7.81. The summed E-state index contributed by atoms with van der Waals surface area (Å²) in [5.41, 5.74) is 7.02. The number of rotatable bonds is 5. The number of hydrogen-bond donors (Lipinski definition) is 1. The van der Waals surface area contributed by atoms with Crippen LogP contribution in [-0.2, 0) is 10.0 Å². The van der Waals surface area contributed by atoms with E-state index in [9.17, 15) is 8.42 Å². The highest BCUT2D eigenvalue weighted by atomic mass is 35.5. The van der Waals surface area contributed by atoms with Crippen molar-refractivity contribution in [3.05, 3.63) is 54.2 Å². The number of benzene rings is 1. The quantitative estimate of drug-likeness (QED) is 0.851. The Morgan fingerprint density at radius 2 is 1.92 bits per heavy atom. The molecule has 0 radical (unpaired) electrons. The first kappa shape index (κ1) is 19.7. The Bertz CT molecular complexity index is 785. The first-order valence-corrected chi connectivity index (χ1v) is 9.25. The second kappa shape index (κ2) is 8.14. The van der Waals surface area contributed by atoms with Gasteiger partial charge in [-0.1, -0.05) is 30.3 Å². The molecule has 2 atom stereocenters. The number of ether oxygens (including phenoxy) is 1. The standard InChI is InChI=1S/C17H21N3O3S.ClH/c1-23-17-8-7-15(10-19-17)24(21,22)20-11-14(9-18)16(12-20)13-5-3-2-4-6-13;/h2-8,10,14,16H,9,11-12,18H2,1H3;1H/t14-,16+;/m1./s1. The molecule has 136 valence electrons. The summed E-state index contributed by atoms with van der Waals surface area (Å²) < 4.78 is 32.2. The molecular weight excluding hydrogens is 362 g/mol. The summed E-state index contributed by atoms with van der Waals surface area (Å²) in [6.45, 7) is 1.30. The van der Waals surface area contributed by atoms with Gasteiger partial charge in [0.15, 0.2) is 0 Å². The van der Waals surface area contributed by atoms with E-state index in [1.807, 2.05) is 30.3 Å². The van der Waals surface area contributed by atoms with Gasteiger partial charge in [-0.3, -0.25) is 0 Å². The minimum atomic E-state index is -3.59. The predicted octanol–water partition coefficient (Wildman–Crippen LogP) is 1.87. The van der Waals surface area contributed by atoms with Gasteiger partial charge in [0.05, 0.1) is 13.3 Å². The van der Waals surface area contributed by atoms with Crippen molar-refractivity contribution in [1.29, 1.82) is 0 Å². The molecule has 1 aromatic carbocycles.